The second kappa shape index (κ2) is 11.3. The van der Waals surface area contributed by atoms with Crippen LogP contribution in [0.3, 0.4) is 0 Å². The van der Waals surface area contributed by atoms with Gasteiger partial charge in [0.05, 0.1) is 5.92 Å². The smallest absolute Gasteiger partial charge is 0.475 e. The summed E-state index contributed by atoms with van der Waals surface area (Å²) in [5.74, 6) is -3.17. The van der Waals surface area contributed by atoms with Gasteiger partial charge >= 0.3 is 12.1 Å². The molecule has 0 aliphatic carbocycles. The summed E-state index contributed by atoms with van der Waals surface area (Å²) in [5.41, 5.74) is 6.69. The third kappa shape index (κ3) is 7.01. The Bertz CT molecular complexity index is 1090. The lowest BCUT2D eigenvalue weighted by Crippen LogP contribution is -2.47. The molecule has 0 radical (unpaired) electrons. The summed E-state index contributed by atoms with van der Waals surface area (Å²) in [5, 5.41) is 7.12. The molecule has 1 aromatic carbocycles. The van der Waals surface area contributed by atoms with Gasteiger partial charge in [-0.15, -0.1) is 11.3 Å². The molecule has 8 nitrogen and oxygen atoms in total. The number of halogens is 3. The zero-order valence-electron chi connectivity index (χ0n) is 18.5. The van der Waals surface area contributed by atoms with E-state index in [9.17, 15) is 26.4 Å². The van der Waals surface area contributed by atoms with E-state index in [0.717, 1.165) is 10.4 Å². The molecule has 1 fully saturated rings. The quantitative estimate of drug-likeness (QED) is 0.624. The molecular weight excluding hydrogens is 495 g/mol. The molecular formula is C21H26F3N3O5S2. The number of sulfonamides is 1. The zero-order valence-corrected chi connectivity index (χ0v) is 20.2. The van der Waals surface area contributed by atoms with Gasteiger partial charge in [-0.05, 0) is 30.0 Å². The van der Waals surface area contributed by atoms with E-state index in [1.165, 1.54) is 15.6 Å². The van der Waals surface area contributed by atoms with Crippen molar-refractivity contribution in [2.75, 3.05) is 27.2 Å². The average Bonchev–Trinajstić information content (AvgIpc) is 3.29. The minimum absolute atomic E-state index is 0.0161. The summed E-state index contributed by atoms with van der Waals surface area (Å²) in [7, 11) is -0.242. The number of hydrogen-bond donors (Lipinski definition) is 2. The van der Waals surface area contributed by atoms with E-state index in [4.69, 9.17) is 15.6 Å². The Hall–Kier alpha value is -2.48. The molecule has 2 heterocycles. The van der Waals surface area contributed by atoms with Crippen LogP contribution in [-0.2, 0) is 26.2 Å². The van der Waals surface area contributed by atoms with Gasteiger partial charge in [-0.2, -0.15) is 17.5 Å². The minimum atomic E-state index is -5.08. The average molecular weight is 522 g/mol. The first-order valence-electron chi connectivity index (χ1n) is 10.1. The maximum Gasteiger partial charge on any atom is 0.490 e. The van der Waals surface area contributed by atoms with Crippen LogP contribution in [0.4, 0.5) is 13.2 Å². The topological polar surface area (TPSA) is 121 Å². The van der Waals surface area contributed by atoms with Gasteiger partial charge in [-0.1, -0.05) is 30.3 Å². The van der Waals surface area contributed by atoms with E-state index < -0.39 is 22.2 Å². The number of aliphatic carboxylic acids is 1. The number of carboxylic acid groups (broad SMARTS) is 1. The van der Waals surface area contributed by atoms with E-state index in [1.54, 1.807) is 31.1 Å². The van der Waals surface area contributed by atoms with Crippen LogP contribution in [-0.4, -0.2) is 68.0 Å². The molecule has 1 amide bonds. The highest BCUT2D eigenvalue weighted by molar-refractivity contribution is 7.91. The van der Waals surface area contributed by atoms with Crippen LogP contribution in [0, 0.1) is 5.92 Å². The minimum Gasteiger partial charge on any atom is -0.475 e. The second-order valence-electron chi connectivity index (χ2n) is 7.82. The van der Waals surface area contributed by atoms with Crippen molar-refractivity contribution in [2.45, 2.75) is 29.3 Å². The Morgan fingerprint density at radius 2 is 1.74 bits per heavy atom. The molecule has 3 N–H and O–H groups in total. The van der Waals surface area contributed by atoms with Crippen LogP contribution in [0.1, 0.15) is 22.8 Å². The number of alkyl halides is 3. The summed E-state index contributed by atoms with van der Waals surface area (Å²) in [6, 6.07) is 13.2. The molecule has 34 heavy (non-hydrogen) atoms. The summed E-state index contributed by atoms with van der Waals surface area (Å²) in [6.45, 7) is 0.895. The fraction of sp³-hybridized carbons (Fsp3) is 0.429. The molecule has 2 aromatic rings. The van der Waals surface area contributed by atoms with E-state index in [1.807, 2.05) is 30.3 Å². The number of thiophene rings is 1. The van der Waals surface area contributed by atoms with Crippen molar-refractivity contribution in [3.63, 3.8) is 0 Å². The van der Waals surface area contributed by atoms with Crippen molar-refractivity contribution in [2.24, 2.45) is 11.7 Å². The zero-order chi connectivity index (χ0) is 25.7. The molecule has 188 valence electrons. The van der Waals surface area contributed by atoms with Crippen molar-refractivity contribution < 1.29 is 36.3 Å². The molecule has 0 spiro atoms. The number of nitrogens with zero attached hydrogens (tertiary/aromatic N) is 2. The molecule has 0 saturated carbocycles. The SMILES string of the molecule is CN(C)C(=O)C1CC(c2ccccc2)CN(S(=O)(=O)c2ccc(CN)s2)C1.O=C(O)C(F)(F)F. The Morgan fingerprint density at radius 3 is 2.21 bits per heavy atom. The monoisotopic (exact) mass is 521 g/mol. The normalized spacial score (nSPS) is 19.1. The highest BCUT2D eigenvalue weighted by Crippen LogP contribution is 2.35. The van der Waals surface area contributed by atoms with Crippen LogP contribution in [0.25, 0.3) is 0 Å². The van der Waals surface area contributed by atoms with Crippen LogP contribution >= 0.6 is 11.3 Å². The van der Waals surface area contributed by atoms with Crippen molar-refractivity contribution in [1.29, 1.82) is 0 Å². The van der Waals surface area contributed by atoms with E-state index in [-0.39, 0.29) is 28.5 Å². The van der Waals surface area contributed by atoms with Gasteiger partial charge in [-0.3, -0.25) is 4.79 Å². The Balaban J connectivity index is 0.000000509. The molecule has 0 bridgehead atoms. The number of carboxylic acids is 1. The highest BCUT2D eigenvalue weighted by atomic mass is 32.2. The van der Waals surface area contributed by atoms with Crippen LogP contribution < -0.4 is 5.73 Å². The number of hydrogen-bond acceptors (Lipinski definition) is 6. The van der Waals surface area contributed by atoms with Gasteiger partial charge in [0.15, 0.2) is 0 Å². The van der Waals surface area contributed by atoms with E-state index in [0.29, 0.717) is 19.5 Å². The van der Waals surface area contributed by atoms with Crippen LogP contribution in [0.15, 0.2) is 46.7 Å². The number of piperidine rings is 1. The first-order chi connectivity index (χ1) is 15.8. The van der Waals surface area contributed by atoms with Crippen molar-refractivity contribution >= 4 is 33.2 Å². The number of nitrogens with two attached hydrogens (primary N) is 1. The number of benzene rings is 1. The number of amides is 1. The summed E-state index contributed by atoms with van der Waals surface area (Å²) >= 11 is 1.20. The number of rotatable bonds is 5. The van der Waals surface area contributed by atoms with Gasteiger partial charge in [0.2, 0.25) is 5.91 Å². The largest absolute Gasteiger partial charge is 0.490 e. The molecule has 3 rings (SSSR count). The number of carbonyl (C=O) groups is 2. The fourth-order valence-corrected chi connectivity index (χ4v) is 6.42. The molecule has 1 aromatic heterocycles. The van der Waals surface area contributed by atoms with Crippen LogP contribution in [0.2, 0.25) is 0 Å². The van der Waals surface area contributed by atoms with Gasteiger partial charge in [0.1, 0.15) is 4.21 Å². The van der Waals surface area contributed by atoms with Crippen molar-refractivity contribution in [1.82, 2.24) is 9.21 Å². The molecule has 1 aliphatic rings. The molecule has 1 saturated heterocycles. The third-order valence-corrected chi connectivity index (χ3v) is 8.56. The summed E-state index contributed by atoms with van der Waals surface area (Å²) < 4.78 is 59.9. The van der Waals surface area contributed by atoms with Crippen LogP contribution in [0.5, 0.6) is 0 Å². The lowest BCUT2D eigenvalue weighted by atomic mass is 9.85. The van der Waals surface area contributed by atoms with Gasteiger partial charge < -0.3 is 15.7 Å². The van der Waals surface area contributed by atoms with Gasteiger partial charge in [0, 0.05) is 38.6 Å². The van der Waals surface area contributed by atoms with Crippen molar-refractivity contribution in [3.8, 4) is 0 Å². The second-order valence-corrected chi connectivity index (χ2v) is 11.2. The van der Waals surface area contributed by atoms with E-state index in [2.05, 4.69) is 0 Å². The maximum absolute atomic E-state index is 13.2. The Labute approximate surface area is 199 Å². The Kier molecular flexibility index (Phi) is 9.22. The lowest BCUT2D eigenvalue weighted by molar-refractivity contribution is -0.192. The molecule has 2 unspecified atom stereocenters. The predicted molar refractivity (Wildman–Crippen MR) is 121 cm³/mol. The van der Waals surface area contributed by atoms with Crippen molar-refractivity contribution in [3.05, 3.63) is 52.9 Å². The third-order valence-electron chi connectivity index (χ3n) is 5.15. The molecule has 2 atom stereocenters. The fourth-order valence-electron chi connectivity index (χ4n) is 3.50. The first-order valence-corrected chi connectivity index (χ1v) is 12.4. The highest BCUT2D eigenvalue weighted by Gasteiger charge is 2.39. The van der Waals surface area contributed by atoms with E-state index >= 15 is 0 Å². The number of carbonyl (C=O) groups excluding carboxylic acids is 1. The first kappa shape index (κ1) is 27.8. The summed E-state index contributed by atoms with van der Waals surface area (Å²) in [6.07, 6.45) is -4.44. The van der Waals surface area contributed by atoms with Gasteiger partial charge in [0.25, 0.3) is 10.0 Å². The Morgan fingerprint density at radius 1 is 1.15 bits per heavy atom. The molecule has 1 aliphatic heterocycles. The van der Waals surface area contributed by atoms with Gasteiger partial charge in [-0.25, -0.2) is 13.2 Å². The maximum atomic E-state index is 13.2. The standard InChI is InChI=1S/C19H25N3O3S2.C2HF3O2/c1-21(2)19(23)16-10-15(14-6-4-3-5-7-14)12-22(13-16)27(24,25)18-9-8-17(11-20)26-18;3-2(4,5)1(6)7/h3-9,15-16H,10-13,20H2,1-2H3;(H,6,7). The molecule has 13 heteroatoms. The summed E-state index contributed by atoms with van der Waals surface area (Å²) in [4.78, 5) is 23.9. The predicted octanol–water partition coefficient (Wildman–Crippen LogP) is 2.72. The lowest BCUT2D eigenvalue weighted by Gasteiger charge is -2.37.